The first kappa shape index (κ1) is 25.1. The van der Waals surface area contributed by atoms with Crippen LogP contribution in [0.3, 0.4) is 0 Å². The maximum Gasteiger partial charge on any atom is 0.246 e. The Bertz CT molecular complexity index is 1040. The van der Waals surface area contributed by atoms with Crippen molar-refractivity contribution in [2.45, 2.75) is 39.1 Å². The summed E-state index contributed by atoms with van der Waals surface area (Å²) in [7, 11) is 3.69. The zero-order valence-electron chi connectivity index (χ0n) is 21.1. The van der Waals surface area contributed by atoms with Gasteiger partial charge in [-0.25, -0.2) is 0 Å². The summed E-state index contributed by atoms with van der Waals surface area (Å²) < 4.78 is 11.4. The number of carbonyl (C=O) groups excluding carboxylic acids is 2. The molecule has 2 aromatic carbocycles. The summed E-state index contributed by atoms with van der Waals surface area (Å²) in [5.74, 6) is 1.04. The Morgan fingerprint density at radius 3 is 1.83 bits per heavy atom. The van der Waals surface area contributed by atoms with Crippen LogP contribution in [0.15, 0.2) is 72.8 Å². The van der Waals surface area contributed by atoms with Gasteiger partial charge in [0.15, 0.2) is 0 Å². The molecule has 0 spiro atoms. The lowest BCUT2D eigenvalue weighted by Crippen LogP contribution is -2.39. The Balaban J connectivity index is 0.000000168. The number of nitrogens with zero attached hydrogens (tertiary/aromatic N) is 2. The number of rotatable bonds is 8. The number of carbonyl (C=O) groups is 2. The third-order valence-corrected chi connectivity index (χ3v) is 7.54. The fourth-order valence-corrected chi connectivity index (χ4v) is 5.22. The van der Waals surface area contributed by atoms with Gasteiger partial charge in [0.2, 0.25) is 11.8 Å². The van der Waals surface area contributed by atoms with E-state index in [2.05, 4.69) is 26.0 Å². The van der Waals surface area contributed by atoms with Gasteiger partial charge in [-0.05, 0) is 22.5 Å². The van der Waals surface area contributed by atoms with Crippen molar-refractivity contribution in [3.05, 3.63) is 83.9 Å². The second kappa shape index (κ2) is 10.8. The molecule has 1 saturated heterocycles. The molecular weight excluding hydrogens is 440 g/mol. The van der Waals surface area contributed by atoms with Gasteiger partial charge in [0.25, 0.3) is 0 Å². The van der Waals surface area contributed by atoms with Crippen LogP contribution in [0.1, 0.15) is 25.0 Å². The minimum atomic E-state index is 0.0494. The SMILES string of the molecule is CN1C(=O)C2[C@@H]([C@H]1COCc1ccccc1)C2(C)C.CN1C(=O)C=C[C@H]1COCc1ccccc1. The molecule has 4 atom stereocenters. The summed E-state index contributed by atoms with van der Waals surface area (Å²) in [6.07, 6.45) is 3.48. The van der Waals surface area contributed by atoms with Gasteiger partial charge >= 0.3 is 0 Å². The third-order valence-electron chi connectivity index (χ3n) is 7.54. The summed E-state index contributed by atoms with van der Waals surface area (Å²) in [6.45, 7) is 6.79. The highest BCUT2D eigenvalue weighted by Crippen LogP contribution is 2.65. The zero-order chi connectivity index (χ0) is 25.0. The molecule has 0 N–H and O–H groups in total. The molecule has 0 radical (unpaired) electrons. The minimum absolute atomic E-state index is 0.0494. The van der Waals surface area contributed by atoms with E-state index in [1.54, 1.807) is 18.0 Å². The highest BCUT2D eigenvalue weighted by Gasteiger charge is 2.70. The molecule has 5 rings (SSSR count). The number of likely N-dealkylation sites (N-methyl/N-ethyl adjacent to an activating group) is 2. The van der Waals surface area contributed by atoms with Crippen molar-refractivity contribution in [3.63, 3.8) is 0 Å². The highest BCUT2D eigenvalue weighted by molar-refractivity contribution is 5.90. The number of fused-ring (bicyclic) bond motifs is 1. The number of amides is 2. The van der Waals surface area contributed by atoms with Crippen LogP contribution in [-0.2, 0) is 32.3 Å². The smallest absolute Gasteiger partial charge is 0.246 e. The Labute approximate surface area is 208 Å². The van der Waals surface area contributed by atoms with E-state index in [9.17, 15) is 9.59 Å². The van der Waals surface area contributed by atoms with Gasteiger partial charge in [-0.3, -0.25) is 9.59 Å². The van der Waals surface area contributed by atoms with Crippen molar-refractivity contribution in [1.82, 2.24) is 9.80 Å². The van der Waals surface area contributed by atoms with E-state index >= 15 is 0 Å². The van der Waals surface area contributed by atoms with Crippen LogP contribution in [0, 0.1) is 17.3 Å². The molecule has 6 nitrogen and oxygen atoms in total. The largest absolute Gasteiger partial charge is 0.375 e. The molecular formula is C29H36N2O4. The van der Waals surface area contributed by atoms with Crippen molar-refractivity contribution in [2.75, 3.05) is 27.3 Å². The van der Waals surface area contributed by atoms with Crippen molar-refractivity contribution in [2.24, 2.45) is 17.3 Å². The molecule has 2 heterocycles. The van der Waals surface area contributed by atoms with Gasteiger partial charge in [-0.2, -0.15) is 0 Å². The van der Waals surface area contributed by atoms with Crippen LogP contribution in [0.5, 0.6) is 0 Å². The van der Waals surface area contributed by atoms with Crippen LogP contribution in [-0.4, -0.2) is 61.0 Å². The number of likely N-dealkylation sites (tertiary alicyclic amines) is 1. The van der Waals surface area contributed by atoms with E-state index in [1.807, 2.05) is 66.6 Å². The first-order valence-electron chi connectivity index (χ1n) is 12.3. The standard InChI is InChI=1S/C16H21NO2.C13H15NO2/c1-16(2)13-12(17(3)15(18)14(13)16)10-19-9-11-7-5-4-6-8-11;1-14-12(7-8-13(14)15)10-16-9-11-5-3-2-4-6-11/h4-8,12-14H,9-10H2,1-3H3;2-8,12H,9-10H2,1H3/t12-,13-,14?;12-/m10/s1. The molecule has 186 valence electrons. The first-order valence-corrected chi connectivity index (χ1v) is 12.3. The monoisotopic (exact) mass is 476 g/mol. The number of benzene rings is 2. The van der Waals surface area contributed by atoms with Crippen LogP contribution < -0.4 is 0 Å². The van der Waals surface area contributed by atoms with E-state index in [1.165, 1.54) is 5.56 Å². The van der Waals surface area contributed by atoms with Crippen molar-refractivity contribution < 1.29 is 19.1 Å². The van der Waals surface area contributed by atoms with Crippen molar-refractivity contribution in [3.8, 4) is 0 Å². The fourth-order valence-electron chi connectivity index (χ4n) is 5.22. The summed E-state index contributed by atoms with van der Waals surface area (Å²) in [6, 6.07) is 20.5. The van der Waals surface area contributed by atoms with Crippen molar-refractivity contribution in [1.29, 1.82) is 0 Å². The van der Waals surface area contributed by atoms with Gasteiger partial charge in [0.05, 0.1) is 38.5 Å². The lowest BCUT2D eigenvalue weighted by atomic mass is 10.0. The second-order valence-electron chi connectivity index (χ2n) is 10.2. The molecule has 1 aliphatic carbocycles. The zero-order valence-corrected chi connectivity index (χ0v) is 21.1. The third kappa shape index (κ3) is 5.65. The van der Waals surface area contributed by atoms with E-state index in [0.717, 1.165) is 5.56 Å². The summed E-state index contributed by atoms with van der Waals surface area (Å²) in [5, 5.41) is 0. The van der Waals surface area contributed by atoms with Gasteiger partial charge in [-0.15, -0.1) is 0 Å². The first-order chi connectivity index (χ1) is 16.8. The molecule has 1 unspecified atom stereocenters. The van der Waals surface area contributed by atoms with E-state index < -0.39 is 0 Å². The lowest BCUT2D eigenvalue weighted by molar-refractivity contribution is -0.132. The highest BCUT2D eigenvalue weighted by atomic mass is 16.5. The predicted octanol–water partition coefficient (Wildman–Crippen LogP) is 3.92. The van der Waals surface area contributed by atoms with Gasteiger partial charge in [0, 0.05) is 26.1 Å². The number of ether oxygens (including phenoxy) is 2. The van der Waals surface area contributed by atoms with E-state index in [-0.39, 0.29) is 29.3 Å². The van der Waals surface area contributed by atoms with Crippen LogP contribution >= 0.6 is 0 Å². The van der Waals surface area contributed by atoms with Gasteiger partial charge < -0.3 is 19.3 Å². The molecule has 35 heavy (non-hydrogen) atoms. The maximum atomic E-state index is 12.1. The lowest BCUT2D eigenvalue weighted by Gasteiger charge is -2.27. The second-order valence-corrected chi connectivity index (χ2v) is 10.2. The Morgan fingerprint density at radius 2 is 1.34 bits per heavy atom. The molecule has 2 amide bonds. The van der Waals surface area contributed by atoms with Crippen LogP contribution in [0.25, 0.3) is 0 Å². The summed E-state index contributed by atoms with van der Waals surface area (Å²) in [4.78, 5) is 26.8. The minimum Gasteiger partial charge on any atom is -0.375 e. The number of piperidine rings is 1. The topological polar surface area (TPSA) is 59.1 Å². The molecule has 2 aliphatic heterocycles. The number of hydrogen-bond acceptors (Lipinski definition) is 4. The van der Waals surface area contributed by atoms with Crippen LogP contribution in [0.2, 0.25) is 0 Å². The van der Waals surface area contributed by atoms with Crippen molar-refractivity contribution >= 4 is 11.8 Å². The van der Waals surface area contributed by atoms with E-state index in [0.29, 0.717) is 38.3 Å². The van der Waals surface area contributed by atoms with Crippen LogP contribution in [0.4, 0.5) is 0 Å². The molecule has 3 aliphatic rings. The van der Waals surface area contributed by atoms with Gasteiger partial charge in [0.1, 0.15) is 0 Å². The molecule has 2 aromatic rings. The molecule has 2 fully saturated rings. The Morgan fingerprint density at radius 1 is 0.800 bits per heavy atom. The normalized spacial score (nSPS) is 25.9. The predicted molar refractivity (Wildman–Crippen MR) is 135 cm³/mol. The summed E-state index contributed by atoms with van der Waals surface area (Å²) in [5.41, 5.74) is 2.50. The van der Waals surface area contributed by atoms with Gasteiger partial charge in [-0.1, -0.05) is 80.6 Å². The molecule has 0 bridgehead atoms. The quantitative estimate of drug-likeness (QED) is 0.580. The Hall–Kier alpha value is -2.96. The molecule has 0 aromatic heterocycles. The average Bonchev–Trinajstić information content (AvgIpc) is 3.13. The number of hydrogen-bond donors (Lipinski definition) is 0. The summed E-state index contributed by atoms with van der Waals surface area (Å²) >= 11 is 0. The molecule has 6 heteroatoms. The fraction of sp³-hybridized carbons (Fsp3) is 0.448. The molecule has 1 saturated carbocycles. The Kier molecular flexibility index (Phi) is 7.72. The van der Waals surface area contributed by atoms with E-state index in [4.69, 9.17) is 9.47 Å². The maximum absolute atomic E-state index is 12.1. The average molecular weight is 477 g/mol.